The topological polar surface area (TPSA) is 105 Å². The third-order valence-corrected chi connectivity index (χ3v) is 2.52. The molecule has 0 saturated heterocycles. The molecule has 0 saturated carbocycles. The fourth-order valence-corrected chi connectivity index (χ4v) is 1.54. The van der Waals surface area contributed by atoms with E-state index in [-0.39, 0.29) is 11.5 Å². The Balaban J connectivity index is 2.46. The average molecular weight is 295 g/mol. The highest BCUT2D eigenvalue weighted by Gasteiger charge is 2.19. The van der Waals surface area contributed by atoms with Gasteiger partial charge in [-0.2, -0.15) is 0 Å². The zero-order valence-electron chi connectivity index (χ0n) is 10.2. The molecule has 0 aliphatic rings. The number of hydrogen-bond donors (Lipinski definition) is 2. The van der Waals surface area contributed by atoms with Gasteiger partial charge in [0.2, 0.25) is 0 Å². The average Bonchev–Trinajstić information content (AvgIpc) is 2.43. The number of pyridine rings is 1. The van der Waals surface area contributed by atoms with E-state index in [1.807, 2.05) is 0 Å². The Morgan fingerprint density at radius 1 is 1.38 bits per heavy atom. The van der Waals surface area contributed by atoms with E-state index in [0.717, 1.165) is 18.3 Å². The third-order valence-electron chi connectivity index (χ3n) is 2.52. The van der Waals surface area contributed by atoms with Crippen molar-refractivity contribution >= 4 is 23.2 Å². The smallest absolute Gasteiger partial charge is 0.339 e. The number of carboxylic acid groups (broad SMARTS) is 1. The SMILES string of the molecule is O=C(O)c1cc([N+](=O)[O-])cnc1Nc1cccc(F)c1F. The molecule has 2 aromatic rings. The fraction of sp³-hybridized carbons (Fsp3) is 0. The lowest BCUT2D eigenvalue weighted by Gasteiger charge is -2.09. The molecule has 0 amide bonds. The van der Waals surface area contributed by atoms with Crippen LogP contribution in [0.4, 0.5) is 26.0 Å². The molecule has 1 aromatic heterocycles. The molecule has 0 unspecified atom stereocenters. The molecule has 0 bridgehead atoms. The second-order valence-electron chi connectivity index (χ2n) is 3.88. The zero-order valence-corrected chi connectivity index (χ0v) is 10.2. The number of nitro groups is 1. The van der Waals surface area contributed by atoms with E-state index in [1.54, 1.807) is 0 Å². The van der Waals surface area contributed by atoms with Crippen molar-refractivity contribution in [3.63, 3.8) is 0 Å². The molecule has 108 valence electrons. The first kappa shape index (κ1) is 14.3. The lowest BCUT2D eigenvalue weighted by Crippen LogP contribution is -2.07. The number of carboxylic acids is 1. The molecule has 21 heavy (non-hydrogen) atoms. The number of hydrogen-bond acceptors (Lipinski definition) is 5. The van der Waals surface area contributed by atoms with Crippen LogP contribution in [0.2, 0.25) is 0 Å². The number of aromatic carboxylic acids is 1. The van der Waals surface area contributed by atoms with Gasteiger partial charge in [-0.15, -0.1) is 0 Å². The number of halogens is 2. The predicted octanol–water partition coefficient (Wildman–Crippen LogP) is 2.71. The molecule has 0 aliphatic carbocycles. The minimum absolute atomic E-state index is 0.334. The highest BCUT2D eigenvalue weighted by Crippen LogP contribution is 2.25. The zero-order chi connectivity index (χ0) is 15.6. The Bertz CT molecular complexity index is 736. The third kappa shape index (κ3) is 2.91. The number of aromatic nitrogens is 1. The molecule has 1 aromatic carbocycles. The molecule has 0 aliphatic heterocycles. The number of carbonyl (C=O) groups is 1. The summed E-state index contributed by atoms with van der Waals surface area (Å²) < 4.78 is 26.6. The maximum atomic E-state index is 13.5. The fourth-order valence-electron chi connectivity index (χ4n) is 1.54. The van der Waals surface area contributed by atoms with Crippen LogP contribution in [0.1, 0.15) is 10.4 Å². The Morgan fingerprint density at radius 3 is 2.71 bits per heavy atom. The Morgan fingerprint density at radius 2 is 2.10 bits per heavy atom. The number of nitrogens with zero attached hydrogens (tertiary/aromatic N) is 2. The maximum absolute atomic E-state index is 13.5. The van der Waals surface area contributed by atoms with Gasteiger partial charge in [-0.1, -0.05) is 6.07 Å². The molecular formula is C12H7F2N3O4. The van der Waals surface area contributed by atoms with E-state index in [2.05, 4.69) is 10.3 Å². The monoisotopic (exact) mass is 295 g/mol. The summed E-state index contributed by atoms with van der Waals surface area (Å²) in [5.41, 5.74) is -1.40. The number of rotatable bonds is 4. The van der Waals surface area contributed by atoms with E-state index in [0.29, 0.717) is 0 Å². The largest absolute Gasteiger partial charge is 0.478 e. The normalized spacial score (nSPS) is 10.2. The van der Waals surface area contributed by atoms with Crippen molar-refractivity contribution in [1.82, 2.24) is 4.98 Å². The Labute approximate surface area is 116 Å². The van der Waals surface area contributed by atoms with Gasteiger partial charge in [0.05, 0.1) is 10.6 Å². The van der Waals surface area contributed by atoms with Gasteiger partial charge in [-0.3, -0.25) is 10.1 Å². The minimum atomic E-state index is -1.49. The van der Waals surface area contributed by atoms with Crippen LogP contribution in [0.3, 0.4) is 0 Å². The highest BCUT2D eigenvalue weighted by molar-refractivity contribution is 5.94. The molecular weight excluding hydrogens is 288 g/mol. The summed E-state index contributed by atoms with van der Waals surface area (Å²) in [4.78, 5) is 24.4. The maximum Gasteiger partial charge on any atom is 0.339 e. The van der Waals surface area contributed by atoms with Crippen molar-refractivity contribution in [3.05, 3.63) is 57.8 Å². The van der Waals surface area contributed by atoms with Gasteiger partial charge in [-0.05, 0) is 12.1 Å². The van der Waals surface area contributed by atoms with E-state index < -0.39 is 33.8 Å². The van der Waals surface area contributed by atoms with Gasteiger partial charge in [0, 0.05) is 6.07 Å². The second kappa shape index (κ2) is 5.49. The van der Waals surface area contributed by atoms with Gasteiger partial charge in [0.25, 0.3) is 5.69 Å². The van der Waals surface area contributed by atoms with Crippen molar-refractivity contribution < 1.29 is 23.6 Å². The minimum Gasteiger partial charge on any atom is -0.478 e. The van der Waals surface area contributed by atoms with Crippen molar-refractivity contribution in [2.75, 3.05) is 5.32 Å². The predicted molar refractivity (Wildman–Crippen MR) is 67.5 cm³/mol. The number of nitrogens with one attached hydrogen (secondary N) is 1. The quantitative estimate of drug-likeness (QED) is 0.663. The molecule has 1 heterocycles. The molecule has 9 heteroatoms. The standard InChI is InChI=1S/C12H7F2N3O4/c13-8-2-1-3-9(10(8)14)16-11-7(12(18)19)4-6(5-15-11)17(20)21/h1-5H,(H,15,16)(H,18,19). The summed E-state index contributed by atoms with van der Waals surface area (Å²) in [6.45, 7) is 0. The molecule has 0 atom stereocenters. The molecule has 2 N–H and O–H groups in total. The van der Waals surface area contributed by atoms with Gasteiger partial charge < -0.3 is 10.4 Å². The van der Waals surface area contributed by atoms with Crippen LogP contribution in [0, 0.1) is 21.7 Å². The van der Waals surface area contributed by atoms with Crippen LogP contribution >= 0.6 is 0 Å². The van der Waals surface area contributed by atoms with E-state index in [1.165, 1.54) is 12.1 Å². The van der Waals surface area contributed by atoms with E-state index in [9.17, 15) is 23.7 Å². The van der Waals surface area contributed by atoms with Crippen molar-refractivity contribution in [2.24, 2.45) is 0 Å². The summed E-state index contributed by atoms with van der Waals surface area (Å²) in [6.07, 6.45) is 0.811. The van der Waals surface area contributed by atoms with Gasteiger partial charge >= 0.3 is 5.97 Å². The van der Waals surface area contributed by atoms with Gasteiger partial charge in [0.1, 0.15) is 17.6 Å². The molecule has 0 spiro atoms. The molecule has 2 rings (SSSR count). The van der Waals surface area contributed by atoms with Crippen molar-refractivity contribution in [3.8, 4) is 0 Å². The number of anilines is 2. The first-order chi connectivity index (χ1) is 9.90. The summed E-state index contributed by atoms with van der Waals surface area (Å²) >= 11 is 0. The van der Waals surface area contributed by atoms with E-state index in [4.69, 9.17) is 5.11 Å². The number of benzene rings is 1. The van der Waals surface area contributed by atoms with Crippen LogP contribution in [-0.4, -0.2) is 21.0 Å². The lowest BCUT2D eigenvalue weighted by atomic mass is 10.2. The molecule has 0 fully saturated rings. The molecule has 0 radical (unpaired) electrons. The van der Waals surface area contributed by atoms with E-state index >= 15 is 0 Å². The summed E-state index contributed by atoms with van der Waals surface area (Å²) in [5.74, 6) is -4.17. The first-order valence-corrected chi connectivity index (χ1v) is 5.49. The van der Waals surface area contributed by atoms with Gasteiger partial charge in [-0.25, -0.2) is 18.6 Å². The summed E-state index contributed by atoms with van der Waals surface area (Å²) in [7, 11) is 0. The van der Waals surface area contributed by atoms with Gasteiger partial charge in [0.15, 0.2) is 11.6 Å². The summed E-state index contributed by atoms with van der Waals surface area (Å²) in [6, 6.07) is 4.05. The van der Waals surface area contributed by atoms with Crippen LogP contribution in [-0.2, 0) is 0 Å². The Kier molecular flexibility index (Phi) is 3.74. The van der Waals surface area contributed by atoms with Crippen LogP contribution in [0.5, 0.6) is 0 Å². The lowest BCUT2D eigenvalue weighted by molar-refractivity contribution is -0.385. The van der Waals surface area contributed by atoms with Crippen molar-refractivity contribution in [2.45, 2.75) is 0 Å². The Hall–Kier alpha value is -3.10. The second-order valence-corrected chi connectivity index (χ2v) is 3.88. The van der Waals surface area contributed by atoms with Crippen LogP contribution in [0.15, 0.2) is 30.5 Å². The summed E-state index contributed by atoms with van der Waals surface area (Å²) in [5, 5.41) is 21.9. The highest BCUT2D eigenvalue weighted by atomic mass is 19.2. The van der Waals surface area contributed by atoms with Crippen LogP contribution < -0.4 is 5.32 Å². The van der Waals surface area contributed by atoms with Crippen molar-refractivity contribution in [1.29, 1.82) is 0 Å². The molecule has 7 nitrogen and oxygen atoms in total. The first-order valence-electron chi connectivity index (χ1n) is 5.49. The van der Waals surface area contributed by atoms with Crippen LogP contribution in [0.25, 0.3) is 0 Å².